The van der Waals surface area contributed by atoms with Crippen molar-refractivity contribution in [1.82, 2.24) is 4.90 Å². The molecule has 1 aliphatic rings. The summed E-state index contributed by atoms with van der Waals surface area (Å²) in [7, 11) is 2.04. The highest BCUT2D eigenvalue weighted by Gasteiger charge is 2.24. The number of nitrogens with zero attached hydrogens (tertiary/aromatic N) is 1. The van der Waals surface area contributed by atoms with E-state index >= 15 is 0 Å². The normalized spacial score (nSPS) is 24.8. The summed E-state index contributed by atoms with van der Waals surface area (Å²) in [6, 6.07) is 0.322. The van der Waals surface area contributed by atoms with Gasteiger partial charge in [0.25, 0.3) is 0 Å². The van der Waals surface area contributed by atoms with Crippen LogP contribution in [0, 0.1) is 0 Å². The summed E-state index contributed by atoms with van der Waals surface area (Å²) in [5.41, 5.74) is 1.95. The molecule has 0 aromatic heterocycles. The molecule has 0 fully saturated rings. The summed E-state index contributed by atoms with van der Waals surface area (Å²) in [5, 5.41) is 0. The number of hydrogen-bond donors (Lipinski definition) is 0. The Labute approximate surface area is 79.9 Å². The third-order valence-electron chi connectivity index (χ3n) is 2.65. The lowest BCUT2D eigenvalue weighted by Crippen LogP contribution is -2.35. The smallest absolute Gasteiger partial charge is 0.162 e. The van der Waals surface area contributed by atoms with Crippen LogP contribution in [0.1, 0.15) is 27.2 Å². The van der Waals surface area contributed by atoms with E-state index in [1.807, 2.05) is 33.0 Å². The molecule has 1 atom stereocenters. The van der Waals surface area contributed by atoms with Gasteiger partial charge in [-0.25, -0.2) is 0 Å². The summed E-state index contributed by atoms with van der Waals surface area (Å²) in [6.07, 6.45) is 4.62. The molecule has 2 nitrogen and oxygen atoms in total. The molecule has 72 valence electrons. The van der Waals surface area contributed by atoms with Crippen molar-refractivity contribution in [3.63, 3.8) is 0 Å². The zero-order valence-corrected chi connectivity index (χ0v) is 8.79. The second-order valence-corrected chi connectivity index (χ2v) is 3.60. The molecule has 0 N–H and O–H groups in total. The van der Waals surface area contributed by atoms with Gasteiger partial charge in [0.15, 0.2) is 5.78 Å². The lowest BCUT2D eigenvalue weighted by Gasteiger charge is -2.33. The Morgan fingerprint density at radius 1 is 1.54 bits per heavy atom. The minimum absolute atomic E-state index is 0.277. The number of rotatable bonds is 1. The lowest BCUT2D eigenvalue weighted by molar-refractivity contribution is -0.117. The maximum absolute atomic E-state index is 11.5. The molecule has 13 heavy (non-hydrogen) atoms. The van der Waals surface area contributed by atoms with Crippen LogP contribution in [-0.2, 0) is 4.79 Å². The fourth-order valence-electron chi connectivity index (χ4n) is 1.60. The van der Waals surface area contributed by atoms with Gasteiger partial charge in [-0.3, -0.25) is 4.79 Å². The highest BCUT2D eigenvalue weighted by molar-refractivity contribution is 5.97. The van der Waals surface area contributed by atoms with Crippen LogP contribution in [0.15, 0.2) is 23.4 Å². The van der Waals surface area contributed by atoms with Gasteiger partial charge in [0.2, 0.25) is 0 Å². The Kier molecular flexibility index (Phi) is 2.91. The molecule has 0 amide bonds. The van der Waals surface area contributed by atoms with Crippen molar-refractivity contribution in [3.8, 4) is 0 Å². The molecule has 1 aliphatic heterocycles. The Balaban J connectivity index is 3.08. The van der Waals surface area contributed by atoms with E-state index in [-0.39, 0.29) is 5.78 Å². The van der Waals surface area contributed by atoms with Gasteiger partial charge in [-0.05, 0) is 26.8 Å². The van der Waals surface area contributed by atoms with Gasteiger partial charge in [0.05, 0.1) is 0 Å². The quantitative estimate of drug-likeness (QED) is 0.614. The van der Waals surface area contributed by atoms with Crippen molar-refractivity contribution in [2.75, 3.05) is 7.05 Å². The molecule has 1 rings (SSSR count). The fourth-order valence-corrected chi connectivity index (χ4v) is 1.60. The molecule has 0 saturated heterocycles. The van der Waals surface area contributed by atoms with E-state index in [9.17, 15) is 4.79 Å². The Morgan fingerprint density at radius 3 is 2.69 bits per heavy atom. The fraction of sp³-hybridized carbons (Fsp3) is 0.545. The van der Waals surface area contributed by atoms with E-state index in [1.165, 1.54) is 0 Å². The number of carbonyl (C=O) groups is 1. The van der Waals surface area contributed by atoms with Gasteiger partial charge in [-0.1, -0.05) is 6.08 Å². The topological polar surface area (TPSA) is 20.3 Å². The first-order valence-electron chi connectivity index (χ1n) is 4.67. The molecule has 0 saturated carbocycles. The molecule has 0 aromatic carbocycles. The molecular weight excluding hydrogens is 162 g/mol. The zero-order valence-electron chi connectivity index (χ0n) is 8.79. The molecule has 0 bridgehead atoms. The van der Waals surface area contributed by atoms with Gasteiger partial charge >= 0.3 is 0 Å². The van der Waals surface area contributed by atoms with Crippen molar-refractivity contribution >= 4 is 5.78 Å². The SMILES string of the molecule is C/C=C\C1=C(C)C(=O)CC(C)N1C. The van der Waals surface area contributed by atoms with Crippen LogP contribution in [0.2, 0.25) is 0 Å². The molecule has 0 radical (unpaired) electrons. The van der Waals surface area contributed by atoms with Crippen LogP contribution in [-0.4, -0.2) is 23.8 Å². The molecule has 1 unspecified atom stereocenters. The van der Waals surface area contributed by atoms with Crippen LogP contribution >= 0.6 is 0 Å². The summed E-state index contributed by atoms with van der Waals surface area (Å²) in [5.74, 6) is 0.277. The number of Topliss-reactive ketones (excluding diaryl/α,β-unsaturated/α-hetero) is 1. The zero-order chi connectivity index (χ0) is 10.0. The summed E-state index contributed by atoms with van der Waals surface area (Å²) < 4.78 is 0. The first-order chi connectivity index (χ1) is 6.07. The highest BCUT2D eigenvalue weighted by atomic mass is 16.1. The number of carbonyl (C=O) groups excluding carboxylic acids is 1. The van der Waals surface area contributed by atoms with Crippen molar-refractivity contribution in [2.24, 2.45) is 0 Å². The predicted molar refractivity (Wildman–Crippen MR) is 54.4 cm³/mol. The third kappa shape index (κ3) is 1.82. The van der Waals surface area contributed by atoms with Crippen LogP contribution < -0.4 is 0 Å². The van der Waals surface area contributed by atoms with Gasteiger partial charge in [0, 0.05) is 30.8 Å². The van der Waals surface area contributed by atoms with E-state index in [1.54, 1.807) is 0 Å². The molecule has 2 heteroatoms. The molecule has 0 spiro atoms. The summed E-state index contributed by atoms with van der Waals surface area (Å²) in [6.45, 7) is 5.95. The van der Waals surface area contributed by atoms with Gasteiger partial charge in [0.1, 0.15) is 0 Å². The average molecular weight is 179 g/mol. The van der Waals surface area contributed by atoms with Crippen molar-refractivity contribution in [3.05, 3.63) is 23.4 Å². The second kappa shape index (κ2) is 3.77. The van der Waals surface area contributed by atoms with Crippen LogP contribution in [0.4, 0.5) is 0 Å². The van der Waals surface area contributed by atoms with E-state index in [4.69, 9.17) is 0 Å². The molecule has 0 aromatic rings. The Morgan fingerprint density at radius 2 is 2.15 bits per heavy atom. The van der Waals surface area contributed by atoms with Crippen LogP contribution in [0.25, 0.3) is 0 Å². The first-order valence-corrected chi connectivity index (χ1v) is 4.67. The van der Waals surface area contributed by atoms with E-state index in [0.29, 0.717) is 12.5 Å². The van der Waals surface area contributed by atoms with Crippen molar-refractivity contribution < 1.29 is 4.79 Å². The van der Waals surface area contributed by atoms with Crippen LogP contribution in [0.5, 0.6) is 0 Å². The van der Waals surface area contributed by atoms with E-state index in [2.05, 4.69) is 11.8 Å². The largest absolute Gasteiger partial charge is 0.371 e. The number of likely N-dealkylation sites (N-methyl/N-ethyl adjacent to an activating group) is 1. The number of allylic oxidation sites excluding steroid dienone is 3. The second-order valence-electron chi connectivity index (χ2n) is 3.60. The Hall–Kier alpha value is -1.05. The van der Waals surface area contributed by atoms with E-state index in [0.717, 1.165) is 11.3 Å². The van der Waals surface area contributed by atoms with Gasteiger partial charge in [-0.2, -0.15) is 0 Å². The maximum Gasteiger partial charge on any atom is 0.162 e. The molecular formula is C11H17NO. The average Bonchev–Trinajstić information content (AvgIpc) is 2.09. The monoisotopic (exact) mass is 179 g/mol. The third-order valence-corrected chi connectivity index (χ3v) is 2.65. The van der Waals surface area contributed by atoms with Gasteiger partial charge in [-0.15, -0.1) is 0 Å². The maximum atomic E-state index is 11.5. The van der Waals surface area contributed by atoms with Crippen molar-refractivity contribution in [1.29, 1.82) is 0 Å². The lowest BCUT2D eigenvalue weighted by atomic mass is 9.97. The van der Waals surface area contributed by atoms with Crippen molar-refractivity contribution in [2.45, 2.75) is 33.2 Å². The van der Waals surface area contributed by atoms with E-state index < -0.39 is 0 Å². The highest BCUT2D eigenvalue weighted by Crippen LogP contribution is 2.23. The minimum atomic E-state index is 0.277. The predicted octanol–water partition coefficient (Wildman–Crippen LogP) is 2.13. The summed E-state index contributed by atoms with van der Waals surface area (Å²) >= 11 is 0. The van der Waals surface area contributed by atoms with Gasteiger partial charge < -0.3 is 4.90 Å². The van der Waals surface area contributed by atoms with Crippen LogP contribution in [0.3, 0.4) is 0 Å². The molecule has 1 heterocycles. The first kappa shape index (κ1) is 10.0. The Bertz CT molecular complexity index is 276. The summed E-state index contributed by atoms with van der Waals surface area (Å²) in [4.78, 5) is 13.7. The standard InChI is InChI=1S/C11H17NO/c1-5-6-10-9(3)11(13)7-8(2)12(10)4/h5-6,8H,7H2,1-4H3/b6-5-. The number of hydrogen-bond acceptors (Lipinski definition) is 2. The number of ketones is 1. The minimum Gasteiger partial charge on any atom is -0.371 e. The molecule has 0 aliphatic carbocycles.